The molecule has 7 atom stereocenters. The predicted octanol–water partition coefficient (Wildman–Crippen LogP) is 2.11. The summed E-state index contributed by atoms with van der Waals surface area (Å²) in [5, 5.41) is 83.7. The summed E-state index contributed by atoms with van der Waals surface area (Å²) in [6.45, 7) is 2.16. The molecule has 2 unspecified atom stereocenters. The first-order valence-corrected chi connectivity index (χ1v) is 20.2. The first kappa shape index (κ1) is 58.4. The second kappa shape index (κ2) is 26.5. The molecule has 20 nitrogen and oxygen atoms in total. The largest absolute Gasteiger partial charge is 0.507 e. The van der Waals surface area contributed by atoms with E-state index in [0.717, 1.165) is 13.0 Å². The van der Waals surface area contributed by atoms with E-state index in [9.17, 15) is 54.9 Å². The Morgan fingerprint density at radius 3 is 2.25 bits per heavy atom. The van der Waals surface area contributed by atoms with E-state index in [1.54, 1.807) is 6.92 Å². The number of aromatic hydroxyl groups is 3. The highest BCUT2D eigenvalue weighted by atomic mass is 16.7. The van der Waals surface area contributed by atoms with Crippen molar-refractivity contribution in [3.05, 3.63) is 51.6 Å². The summed E-state index contributed by atoms with van der Waals surface area (Å²) in [5.74, 6) is -7.30. The van der Waals surface area contributed by atoms with Gasteiger partial charge in [0.25, 0.3) is 5.91 Å². The highest BCUT2D eigenvalue weighted by molar-refractivity contribution is 6.31. The number of hydrazone groups is 1. The average molecular weight is 925 g/mol. The number of hydrogen-bond acceptors (Lipinski definition) is 19. The maximum absolute atomic E-state index is 13.8. The molecule has 1 saturated heterocycles. The normalized spacial score (nSPS) is 22.6. The van der Waals surface area contributed by atoms with E-state index in [1.165, 1.54) is 18.2 Å². The third-order valence-corrected chi connectivity index (χ3v) is 11.0. The standard InChI is InChI=1S/C41H56N4O16.4CH4/c1-21-34(49)25(42)17-29(60-21)61-27-19-41(56,18-24-31(27)38(53)33-32(36(24)51)35(50)22-8-5-9-26(48)30(22)37(33)52)28(20-47)44-45-39(54)23(7-3-4-11-46)40(55)59-16-15-58-14-13-57-12-6-10-43-2;;;;/h5,8-9,21,23,25,27,29,34,43,46-49,51,53,56H,3-4,6-7,10-20,42H2,1-2H3,(H,45,54);4*1H4/t21?,23?,25-,27+,29+,34-,41+;;;;/m1..../s1. The van der Waals surface area contributed by atoms with E-state index < -0.39 is 125 Å². The maximum atomic E-state index is 13.8. The summed E-state index contributed by atoms with van der Waals surface area (Å²) in [7, 11) is 1.84. The lowest BCUT2D eigenvalue weighted by molar-refractivity contribution is -0.245. The molecule has 65 heavy (non-hydrogen) atoms. The van der Waals surface area contributed by atoms with Gasteiger partial charge in [-0.3, -0.25) is 19.2 Å². The SMILES string of the molecule is C.C.C.C.CNCCCOCCOCCOC(=O)C(CCCCO)C(=O)NN=C(CO)[C@]1(O)Cc2c(O)c3c(c(O)c2[C@@H](O[C@H]2C[C@@H](N)[C@H](O)C(C)O2)C1)C(=O)c1c(O)cccc1C3=O. The van der Waals surface area contributed by atoms with Gasteiger partial charge in [0.1, 0.15) is 35.4 Å². The molecule has 368 valence electrons. The van der Waals surface area contributed by atoms with E-state index in [1.807, 2.05) is 7.05 Å². The lowest BCUT2D eigenvalue weighted by Gasteiger charge is -2.43. The Bertz CT molecular complexity index is 1930. The number of nitrogens with one attached hydrogen (secondary N) is 2. The number of hydrogen-bond donors (Lipinski definition) is 10. The molecule has 11 N–H and O–H groups in total. The number of ether oxygens (including phenoxy) is 5. The monoisotopic (exact) mass is 924 g/mol. The molecule has 1 aliphatic heterocycles. The number of benzene rings is 2. The van der Waals surface area contributed by atoms with Crippen molar-refractivity contribution in [2.75, 3.05) is 59.8 Å². The van der Waals surface area contributed by atoms with Crippen LogP contribution in [0.4, 0.5) is 0 Å². The summed E-state index contributed by atoms with van der Waals surface area (Å²) in [4.78, 5) is 54.3. The number of rotatable bonds is 21. The van der Waals surface area contributed by atoms with Crippen LogP contribution in [0.25, 0.3) is 0 Å². The highest BCUT2D eigenvalue weighted by Crippen LogP contribution is 2.52. The molecule has 1 amide bonds. The summed E-state index contributed by atoms with van der Waals surface area (Å²) in [6.07, 6.45) is -4.53. The molecule has 20 heteroatoms. The van der Waals surface area contributed by atoms with Crippen molar-refractivity contribution in [3.63, 3.8) is 0 Å². The number of nitrogens with zero attached hydrogens (tertiary/aromatic N) is 1. The third kappa shape index (κ3) is 13.3. The van der Waals surface area contributed by atoms with Crippen LogP contribution in [0.5, 0.6) is 17.2 Å². The van der Waals surface area contributed by atoms with Gasteiger partial charge in [-0.25, -0.2) is 5.43 Å². The number of ketones is 2. The van der Waals surface area contributed by atoms with Gasteiger partial charge in [-0.15, -0.1) is 0 Å². The smallest absolute Gasteiger partial charge is 0.318 e. The molecule has 0 radical (unpaired) electrons. The maximum Gasteiger partial charge on any atom is 0.318 e. The number of aliphatic hydroxyl groups excluding tert-OH is 3. The minimum absolute atomic E-state index is 0. The van der Waals surface area contributed by atoms with Crippen LogP contribution in [-0.4, -0.2) is 155 Å². The van der Waals surface area contributed by atoms with Gasteiger partial charge in [0, 0.05) is 55.2 Å². The van der Waals surface area contributed by atoms with E-state index in [0.29, 0.717) is 13.2 Å². The molecule has 2 aromatic carbocycles. The number of nitrogens with two attached hydrogens (primary N) is 1. The van der Waals surface area contributed by atoms with Crippen molar-refractivity contribution >= 4 is 29.2 Å². The van der Waals surface area contributed by atoms with Crippen LogP contribution in [0.15, 0.2) is 23.3 Å². The Morgan fingerprint density at radius 1 is 0.938 bits per heavy atom. The summed E-state index contributed by atoms with van der Waals surface area (Å²) in [5.41, 5.74) is 3.22. The summed E-state index contributed by atoms with van der Waals surface area (Å²) >= 11 is 0. The van der Waals surface area contributed by atoms with E-state index in [2.05, 4.69) is 15.8 Å². The van der Waals surface area contributed by atoms with Gasteiger partial charge in [0.15, 0.2) is 12.1 Å². The molecule has 5 rings (SSSR count). The number of unbranched alkanes of at least 4 members (excludes halogenated alkanes) is 1. The molecule has 0 aromatic heterocycles. The molecule has 2 aliphatic carbocycles. The van der Waals surface area contributed by atoms with Gasteiger partial charge in [0.05, 0.1) is 67.1 Å². The van der Waals surface area contributed by atoms with Gasteiger partial charge < -0.3 is 70.5 Å². The van der Waals surface area contributed by atoms with Gasteiger partial charge in [0.2, 0.25) is 5.78 Å². The number of fused-ring (bicyclic) bond motifs is 3. The zero-order valence-corrected chi connectivity index (χ0v) is 34.1. The van der Waals surface area contributed by atoms with Crippen LogP contribution < -0.4 is 16.5 Å². The Balaban J connectivity index is 0.00000528. The number of carbonyl (C=O) groups is 4. The molecule has 0 saturated carbocycles. The van der Waals surface area contributed by atoms with E-state index in [4.69, 9.17) is 29.4 Å². The molecule has 1 fully saturated rings. The second-order valence-corrected chi connectivity index (χ2v) is 15.2. The first-order valence-electron chi connectivity index (χ1n) is 20.2. The number of esters is 1. The van der Waals surface area contributed by atoms with Gasteiger partial charge in [-0.05, 0) is 52.3 Å². The van der Waals surface area contributed by atoms with E-state index in [-0.39, 0.29) is 98.5 Å². The van der Waals surface area contributed by atoms with Crippen molar-refractivity contribution in [2.45, 2.75) is 118 Å². The number of amides is 1. The quantitative estimate of drug-likeness (QED) is 0.0183. The first-order chi connectivity index (χ1) is 29.2. The number of aliphatic hydroxyl groups is 4. The minimum Gasteiger partial charge on any atom is -0.507 e. The summed E-state index contributed by atoms with van der Waals surface area (Å²) in [6, 6.07) is 2.95. The average Bonchev–Trinajstić information content (AvgIpc) is 3.22. The van der Waals surface area contributed by atoms with Crippen molar-refractivity contribution in [1.29, 1.82) is 0 Å². The topological polar surface area (TPSA) is 318 Å². The second-order valence-electron chi connectivity index (χ2n) is 15.2. The molecule has 0 bridgehead atoms. The van der Waals surface area contributed by atoms with Crippen LogP contribution in [0, 0.1) is 5.92 Å². The zero-order valence-electron chi connectivity index (χ0n) is 34.1. The number of carbonyl (C=O) groups excluding carboxylic acids is 4. The van der Waals surface area contributed by atoms with Crippen LogP contribution >= 0.6 is 0 Å². The Kier molecular flexibility index (Phi) is 23.8. The molecular formula is C45H72N4O16. The molecule has 0 spiro atoms. The molecule has 1 heterocycles. The predicted molar refractivity (Wildman–Crippen MR) is 240 cm³/mol. The van der Waals surface area contributed by atoms with Gasteiger partial charge >= 0.3 is 5.97 Å². The number of phenolic OH excluding ortho intramolecular Hbond substituents is 3. The van der Waals surface area contributed by atoms with Crippen LogP contribution in [0.2, 0.25) is 0 Å². The van der Waals surface area contributed by atoms with Crippen LogP contribution in [0.1, 0.15) is 124 Å². The molecule has 2 aromatic rings. The van der Waals surface area contributed by atoms with Gasteiger partial charge in [-0.1, -0.05) is 41.8 Å². The summed E-state index contributed by atoms with van der Waals surface area (Å²) < 4.78 is 28.2. The fourth-order valence-corrected chi connectivity index (χ4v) is 7.73. The van der Waals surface area contributed by atoms with Crippen LogP contribution in [-0.2, 0) is 39.7 Å². The Hall–Kier alpha value is -4.61. The van der Waals surface area contributed by atoms with Crippen molar-refractivity contribution < 1.29 is 78.6 Å². The Morgan fingerprint density at radius 2 is 1.60 bits per heavy atom. The molecule has 3 aliphatic rings. The fourth-order valence-electron chi connectivity index (χ4n) is 7.73. The molecular weight excluding hydrogens is 853 g/mol. The third-order valence-electron chi connectivity index (χ3n) is 11.0. The van der Waals surface area contributed by atoms with Crippen molar-refractivity contribution in [3.8, 4) is 17.2 Å². The lowest BCUT2D eigenvalue weighted by Crippen LogP contribution is -2.53. The Labute approximate surface area is 381 Å². The lowest BCUT2D eigenvalue weighted by atomic mass is 9.71. The zero-order chi connectivity index (χ0) is 44.4. The minimum atomic E-state index is -2.31. The van der Waals surface area contributed by atoms with E-state index >= 15 is 0 Å². The van der Waals surface area contributed by atoms with Crippen molar-refractivity contribution in [1.82, 2.24) is 10.7 Å². The van der Waals surface area contributed by atoms with Crippen LogP contribution in [0.3, 0.4) is 0 Å². The highest BCUT2D eigenvalue weighted by Gasteiger charge is 2.49. The number of phenols is 3. The van der Waals surface area contributed by atoms with Gasteiger partial charge in [-0.2, -0.15) is 5.10 Å². The van der Waals surface area contributed by atoms with Crippen molar-refractivity contribution in [2.24, 2.45) is 16.8 Å². The fraction of sp³-hybridized carbons (Fsp3) is 0.622.